The summed E-state index contributed by atoms with van der Waals surface area (Å²) in [7, 11) is 1.63. The molecular formula is C27H32N2O5. The van der Waals surface area contributed by atoms with E-state index in [1.54, 1.807) is 7.11 Å². The van der Waals surface area contributed by atoms with Crippen LogP contribution in [0.15, 0.2) is 48.5 Å². The van der Waals surface area contributed by atoms with E-state index in [1.165, 1.54) is 6.92 Å². The van der Waals surface area contributed by atoms with Crippen molar-refractivity contribution in [2.24, 2.45) is 0 Å². The van der Waals surface area contributed by atoms with Gasteiger partial charge < -0.3 is 20.1 Å². The van der Waals surface area contributed by atoms with Gasteiger partial charge >= 0.3 is 5.97 Å². The quantitative estimate of drug-likeness (QED) is 0.656. The van der Waals surface area contributed by atoms with Gasteiger partial charge in [0.25, 0.3) is 0 Å². The van der Waals surface area contributed by atoms with E-state index in [0.29, 0.717) is 19.5 Å². The fraction of sp³-hybridized carbons (Fsp3) is 0.444. The Morgan fingerprint density at radius 2 is 1.85 bits per heavy atom. The maximum atomic E-state index is 13.4. The number of carbonyl (C=O) groups excluding carboxylic acids is 2. The molecule has 7 heteroatoms. The molecule has 7 nitrogen and oxygen atoms in total. The number of benzene rings is 2. The van der Waals surface area contributed by atoms with Crippen LogP contribution in [0, 0.1) is 0 Å². The van der Waals surface area contributed by atoms with E-state index in [2.05, 4.69) is 5.32 Å². The maximum absolute atomic E-state index is 13.4. The lowest BCUT2D eigenvalue weighted by molar-refractivity contribution is -0.137. The van der Waals surface area contributed by atoms with Crippen LogP contribution in [0.1, 0.15) is 55.2 Å². The Morgan fingerprint density at radius 1 is 1.15 bits per heavy atom. The first-order valence-electron chi connectivity index (χ1n) is 11.8. The SMILES string of the molecule is COc1ccc2c(c1)C1(CCN(C(=O)[C@H](Cc3ccccc3)NC(C)=O)CC1)CC2CC(=O)O. The number of hydrogen-bond acceptors (Lipinski definition) is 4. The molecule has 2 amide bonds. The third-order valence-corrected chi connectivity index (χ3v) is 7.32. The van der Waals surface area contributed by atoms with Gasteiger partial charge in [0.15, 0.2) is 0 Å². The van der Waals surface area contributed by atoms with Gasteiger partial charge in [-0.25, -0.2) is 0 Å². The molecule has 0 bridgehead atoms. The van der Waals surface area contributed by atoms with Gasteiger partial charge in [-0.2, -0.15) is 0 Å². The van der Waals surface area contributed by atoms with Gasteiger partial charge in [0.2, 0.25) is 11.8 Å². The summed E-state index contributed by atoms with van der Waals surface area (Å²) >= 11 is 0. The summed E-state index contributed by atoms with van der Waals surface area (Å²) in [6.45, 7) is 2.57. The van der Waals surface area contributed by atoms with Crippen molar-refractivity contribution >= 4 is 17.8 Å². The number of nitrogens with zero attached hydrogens (tertiary/aromatic N) is 1. The van der Waals surface area contributed by atoms with Gasteiger partial charge in [-0.15, -0.1) is 0 Å². The van der Waals surface area contributed by atoms with E-state index in [4.69, 9.17) is 4.74 Å². The van der Waals surface area contributed by atoms with Crippen LogP contribution in [-0.4, -0.2) is 54.0 Å². The molecule has 2 aromatic rings. The highest BCUT2D eigenvalue weighted by atomic mass is 16.5. The third-order valence-electron chi connectivity index (χ3n) is 7.32. The van der Waals surface area contributed by atoms with Crippen LogP contribution < -0.4 is 10.1 Å². The van der Waals surface area contributed by atoms with Gasteiger partial charge in [-0.05, 0) is 59.4 Å². The largest absolute Gasteiger partial charge is 0.497 e. The van der Waals surface area contributed by atoms with Crippen molar-refractivity contribution < 1.29 is 24.2 Å². The molecular weight excluding hydrogens is 432 g/mol. The molecule has 1 unspecified atom stereocenters. The maximum Gasteiger partial charge on any atom is 0.303 e. The number of hydrogen-bond donors (Lipinski definition) is 2. The Hall–Kier alpha value is -3.35. The summed E-state index contributed by atoms with van der Waals surface area (Å²) in [6, 6.07) is 15.0. The number of methoxy groups -OCH3 is 1. The summed E-state index contributed by atoms with van der Waals surface area (Å²) in [5.41, 5.74) is 3.08. The van der Waals surface area contributed by atoms with E-state index in [1.807, 2.05) is 53.4 Å². The fourth-order valence-electron chi connectivity index (χ4n) is 5.71. The molecule has 34 heavy (non-hydrogen) atoms. The number of carboxylic acid groups (broad SMARTS) is 1. The van der Waals surface area contributed by atoms with E-state index in [0.717, 1.165) is 41.7 Å². The van der Waals surface area contributed by atoms with Crippen molar-refractivity contribution in [3.63, 3.8) is 0 Å². The number of fused-ring (bicyclic) bond motifs is 2. The van der Waals surface area contributed by atoms with E-state index >= 15 is 0 Å². The Kier molecular flexibility index (Phi) is 6.91. The van der Waals surface area contributed by atoms with Crippen LogP contribution in [0.2, 0.25) is 0 Å². The number of rotatable bonds is 7. The van der Waals surface area contributed by atoms with Gasteiger partial charge in [0.05, 0.1) is 13.5 Å². The highest BCUT2D eigenvalue weighted by Gasteiger charge is 2.47. The highest BCUT2D eigenvalue weighted by Crippen LogP contribution is 2.53. The number of nitrogens with one attached hydrogen (secondary N) is 1. The average Bonchev–Trinajstić information content (AvgIpc) is 3.10. The lowest BCUT2D eigenvalue weighted by Gasteiger charge is -2.41. The molecule has 180 valence electrons. The standard InChI is InChI=1S/C27H32N2O5/c1-18(30)28-24(14-19-6-4-3-5-7-19)26(33)29-12-10-27(11-13-29)17-20(15-25(31)32)22-9-8-21(34-2)16-23(22)27/h3-9,16,20,24H,10-15,17H2,1-2H3,(H,28,30)(H,31,32)/t20?,24-/m0/s1. The van der Waals surface area contributed by atoms with Crippen molar-refractivity contribution in [1.82, 2.24) is 10.2 Å². The molecule has 1 spiro atoms. The normalized spacial score (nSPS) is 19.4. The molecule has 1 saturated heterocycles. The molecule has 1 aliphatic heterocycles. The van der Waals surface area contributed by atoms with Crippen molar-refractivity contribution in [2.75, 3.05) is 20.2 Å². The molecule has 2 aliphatic rings. The molecule has 0 saturated carbocycles. The number of amides is 2. The number of likely N-dealkylation sites (tertiary alicyclic amines) is 1. The minimum absolute atomic E-state index is 0.0362. The zero-order valence-corrected chi connectivity index (χ0v) is 19.8. The molecule has 2 atom stereocenters. The van der Waals surface area contributed by atoms with Crippen LogP contribution in [0.5, 0.6) is 5.75 Å². The summed E-state index contributed by atoms with van der Waals surface area (Å²) in [5, 5.41) is 12.3. The molecule has 2 N–H and O–H groups in total. The summed E-state index contributed by atoms with van der Waals surface area (Å²) in [6.07, 6.45) is 2.83. The number of ether oxygens (including phenoxy) is 1. The first-order valence-corrected chi connectivity index (χ1v) is 11.8. The van der Waals surface area contributed by atoms with Crippen molar-refractivity contribution in [3.8, 4) is 5.75 Å². The minimum Gasteiger partial charge on any atom is -0.497 e. The van der Waals surface area contributed by atoms with Crippen LogP contribution in [0.25, 0.3) is 0 Å². The Labute approximate surface area is 200 Å². The molecule has 4 rings (SSSR count). The predicted octanol–water partition coefficient (Wildman–Crippen LogP) is 3.26. The molecule has 2 aromatic carbocycles. The van der Waals surface area contributed by atoms with Crippen LogP contribution in [0.3, 0.4) is 0 Å². The van der Waals surface area contributed by atoms with Gasteiger partial charge in [-0.1, -0.05) is 36.4 Å². The van der Waals surface area contributed by atoms with Crippen molar-refractivity contribution in [2.45, 2.75) is 56.4 Å². The van der Waals surface area contributed by atoms with Crippen LogP contribution in [-0.2, 0) is 26.2 Å². The third kappa shape index (κ3) is 4.93. The summed E-state index contributed by atoms with van der Waals surface area (Å²) < 4.78 is 5.45. The Bertz CT molecular complexity index is 1060. The zero-order valence-electron chi connectivity index (χ0n) is 19.8. The molecule has 1 fully saturated rings. The first kappa shape index (κ1) is 23.8. The van der Waals surface area contributed by atoms with Crippen LogP contribution >= 0.6 is 0 Å². The van der Waals surface area contributed by atoms with Gasteiger partial charge in [-0.3, -0.25) is 14.4 Å². The highest BCUT2D eigenvalue weighted by molar-refractivity contribution is 5.87. The van der Waals surface area contributed by atoms with Gasteiger partial charge in [0, 0.05) is 26.4 Å². The number of aliphatic carboxylic acids is 1. The Balaban J connectivity index is 1.51. The molecule has 1 aliphatic carbocycles. The second kappa shape index (κ2) is 9.87. The molecule has 0 radical (unpaired) electrons. The van der Waals surface area contributed by atoms with Crippen molar-refractivity contribution in [3.05, 3.63) is 65.2 Å². The van der Waals surface area contributed by atoms with Gasteiger partial charge in [0.1, 0.15) is 11.8 Å². The van der Waals surface area contributed by atoms with E-state index < -0.39 is 12.0 Å². The number of carbonyl (C=O) groups is 3. The predicted molar refractivity (Wildman–Crippen MR) is 128 cm³/mol. The van der Waals surface area contributed by atoms with E-state index in [9.17, 15) is 19.5 Å². The lowest BCUT2D eigenvalue weighted by Crippen LogP contribution is -2.53. The van der Waals surface area contributed by atoms with Crippen molar-refractivity contribution in [1.29, 1.82) is 0 Å². The van der Waals surface area contributed by atoms with Crippen LogP contribution in [0.4, 0.5) is 0 Å². The Morgan fingerprint density at radius 3 is 2.47 bits per heavy atom. The smallest absolute Gasteiger partial charge is 0.303 e. The lowest BCUT2D eigenvalue weighted by atomic mass is 9.73. The topological polar surface area (TPSA) is 95.9 Å². The second-order valence-electron chi connectivity index (χ2n) is 9.50. The minimum atomic E-state index is -0.796. The molecule has 1 heterocycles. The van der Waals surface area contributed by atoms with E-state index in [-0.39, 0.29) is 29.6 Å². The average molecular weight is 465 g/mol. The second-order valence-corrected chi connectivity index (χ2v) is 9.50. The summed E-state index contributed by atoms with van der Waals surface area (Å²) in [4.78, 5) is 38.6. The zero-order chi connectivity index (χ0) is 24.3. The fourth-order valence-corrected chi connectivity index (χ4v) is 5.71. The number of piperidine rings is 1. The number of carboxylic acids is 1. The monoisotopic (exact) mass is 464 g/mol. The first-order chi connectivity index (χ1) is 16.3. The molecule has 0 aromatic heterocycles. The summed E-state index contributed by atoms with van der Waals surface area (Å²) in [5.74, 6) is -0.363.